The van der Waals surface area contributed by atoms with Gasteiger partial charge in [-0.1, -0.05) is 279 Å². The summed E-state index contributed by atoms with van der Waals surface area (Å²) in [6, 6.07) is 91.7. The van der Waals surface area contributed by atoms with Crippen molar-refractivity contribution in [3.8, 4) is 0 Å². The van der Waals surface area contributed by atoms with Crippen LogP contribution in [0.15, 0.2) is 291 Å². The van der Waals surface area contributed by atoms with Gasteiger partial charge in [0.05, 0.1) is 0 Å². The van der Waals surface area contributed by atoms with Gasteiger partial charge in [-0.25, -0.2) is 0 Å². The van der Waals surface area contributed by atoms with Crippen molar-refractivity contribution in [2.24, 2.45) is 0 Å². The van der Waals surface area contributed by atoms with Crippen molar-refractivity contribution in [2.45, 2.75) is 0 Å². The second-order valence-electron chi connectivity index (χ2n) is 18.4. The first kappa shape index (κ1) is 47.4. The molecule has 0 bridgehead atoms. The molecule has 8 heteroatoms. The molecule has 0 saturated heterocycles. The monoisotopic (exact) mass is 1030 g/mol. The van der Waals surface area contributed by atoms with Gasteiger partial charge in [-0.15, -0.1) is 0 Å². The molecule has 0 aliphatic heterocycles. The standard InChI is InChI=1S/C66H48O4P4/c67-71(52-31-6-1-7-32-52,53-33-8-2-9-34-53)63-47-48-64(72(68,54-35-10-3-11-36-54)60-44-22-28-49-25-16-19-41-57(49)60)66(74(70,56-39-14-5-15-40-56)62-46-24-30-51-27-18-21-43-59(51)62)65(63)73(69,55-37-12-4-13-38-55)61-45-23-29-50-26-17-20-42-58(50)61/h1-48H. The predicted octanol–water partition coefficient (Wildman–Crippen LogP) is 11.7. The number of benzene rings is 12. The van der Waals surface area contributed by atoms with Crippen LogP contribution >= 0.6 is 28.6 Å². The highest BCUT2D eigenvalue weighted by molar-refractivity contribution is 7.96. The minimum absolute atomic E-state index is 0.143. The normalized spacial score (nSPS) is 14.2. The first-order chi connectivity index (χ1) is 36.3. The van der Waals surface area contributed by atoms with Gasteiger partial charge in [0.1, 0.15) is 0 Å². The molecule has 3 atom stereocenters. The van der Waals surface area contributed by atoms with Crippen LogP contribution < -0.4 is 63.7 Å². The highest BCUT2D eigenvalue weighted by atomic mass is 31.2. The molecule has 0 heterocycles. The molecule has 356 valence electrons. The van der Waals surface area contributed by atoms with Gasteiger partial charge in [-0.05, 0) is 44.5 Å². The molecule has 0 fully saturated rings. The Kier molecular flexibility index (Phi) is 12.4. The lowest BCUT2D eigenvalue weighted by atomic mass is 10.1. The highest BCUT2D eigenvalue weighted by Crippen LogP contribution is 2.56. The van der Waals surface area contributed by atoms with E-state index in [0.717, 1.165) is 32.3 Å². The van der Waals surface area contributed by atoms with Crippen LogP contribution in [-0.4, -0.2) is 0 Å². The maximum absolute atomic E-state index is 18.8. The molecule has 0 aromatic heterocycles. The molecule has 0 aliphatic rings. The summed E-state index contributed by atoms with van der Waals surface area (Å²) in [5, 5.41) is 9.46. The van der Waals surface area contributed by atoms with E-state index in [2.05, 4.69) is 0 Å². The van der Waals surface area contributed by atoms with Crippen molar-refractivity contribution in [1.29, 1.82) is 0 Å². The maximum atomic E-state index is 18.8. The second-order valence-corrected chi connectivity index (χ2v) is 29.2. The van der Waals surface area contributed by atoms with Gasteiger partial charge in [0, 0.05) is 63.7 Å². The fourth-order valence-corrected chi connectivity index (χ4v) is 25.4. The molecule has 0 N–H and O–H groups in total. The lowest BCUT2D eigenvalue weighted by Gasteiger charge is -2.36. The number of fused-ring (bicyclic) bond motifs is 3. The molecule has 0 saturated carbocycles. The van der Waals surface area contributed by atoms with Crippen LogP contribution in [-0.2, 0) is 18.3 Å². The SMILES string of the molecule is O=P(c1ccccc1)(c1ccccc1)c1ccc(P(=O)(c2ccccc2)c2cccc3ccccc23)c(P(=O)(c2ccccc2)c2cccc3ccccc23)c1P(=O)(c1ccccc1)c1cccc2ccccc12. The van der Waals surface area contributed by atoms with Crippen LogP contribution in [0.5, 0.6) is 0 Å². The Balaban J connectivity index is 1.42. The zero-order valence-electron chi connectivity index (χ0n) is 40.1. The second kappa shape index (κ2) is 19.3. The first-order valence-corrected chi connectivity index (χ1v) is 31.4. The molecule has 12 aromatic rings. The van der Waals surface area contributed by atoms with Gasteiger partial charge in [-0.2, -0.15) is 0 Å². The molecule has 4 nitrogen and oxygen atoms in total. The summed E-state index contributed by atoms with van der Waals surface area (Å²) in [5.41, 5.74) is 0. The lowest BCUT2D eigenvalue weighted by Crippen LogP contribution is -2.54. The predicted molar refractivity (Wildman–Crippen MR) is 317 cm³/mol. The molecule has 0 spiro atoms. The first-order valence-electron chi connectivity index (χ1n) is 24.6. The Morgan fingerprint density at radius 1 is 0.176 bits per heavy atom. The van der Waals surface area contributed by atoms with E-state index in [0.29, 0.717) is 42.4 Å². The quantitative estimate of drug-likeness (QED) is 0.114. The summed E-state index contributed by atoms with van der Waals surface area (Å²) in [6.45, 7) is 0. The summed E-state index contributed by atoms with van der Waals surface area (Å²) >= 11 is 0. The van der Waals surface area contributed by atoms with E-state index < -0.39 is 28.6 Å². The zero-order valence-corrected chi connectivity index (χ0v) is 43.7. The third-order valence-corrected chi connectivity index (χ3v) is 27.5. The average Bonchev–Trinajstić information content (AvgIpc) is 3.49. The van der Waals surface area contributed by atoms with Gasteiger partial charge in [0.2, 0.25) is 0 Å². The van der Waals surface area contributed by atoms with E-state index in [1.165, 1.54) is 0 Å². The summed E-state index contributed by atoms with van der Waals surface area (Å²) < 4.78 is 73.6. The molecule has 3 unspecified atom stereocenters. The summed E-state index contributed by atoms with van der Waals surface area (Å²) in [7, 11) is -17.5. The minimum Gasteiger partial charge on any atom is -0.309 e. The van der Waals surface area contributed by atoms with Gasteiger partial charge in [0.15, 0.2) is 28.6 Å². The number of hydrogen-bond acceptors (Lipinski definition) is 4. The third kappa shape index (κ3) is 7.60. The maximum Gasteiger partial charge on any atom is 0.173 e. The van der Waals surface area contributed by atoms with Crippen LogP contribution in [0.4, 0.5) is 0 Å². The molecule has 12 rings (SSSR count). The van der Waals surface area contributed by atoms with E-state index in [-0.39, 0.29) is 21.2 Å². The molecule has 74 heavy (non-hydrogen) atoms. The Labute approximate surface area is 431 Å². The van der Waals surface area contributed by atoms with E-state index in [4.69, 9.17) is 0 Å². The van der Waals surface area contributed by atoms with E-state index >= 15 is 18.3 Å². The molecule has 0 radical (unpaired) electrons. The Morgan fingerprint density at radius 3 is 0.730 bits per heavy atom. The van der Waals surface area contributed by atoms with Crippen molar-refractivity contribution in [2.75, 3.05) is 0 Å². The van der Waals surface area contributed by atoms with Crippen LogP contribution in [0, 0.1) is 0 Å². The molecule has 0 aliphatic carbocycles. The van der Waals surface area contributed by atoms with Crippen molar-refractivity contribution < 1.29 is 18.3 Å². The zero-order chi connectivity index (χ0) is 50.3. The van der Waals surface area contributed by atoms with Gasteiger partial charge >= 0.3 is 0 Å². The number of hydrogen-bond donors (Lipinski definition) is 0. The van der Waals surface area contributed by atoms with Crippen LogP contribution in [0.3, 0.4) is 0 Å². The number of rotatable bonds is 12. The Hall–Kier alpha value is -7.66. The van der Waals surface area contributed by atoms with Crippen molar-refractivity contribution in [1.82, 2.24) is 0 Å². The molecular weight excluding hydrogens is 981 g/mol. The smallest absolute Gasteiger partial charge is 0.173 e. The van der Waals surface area contributed by atoms with Crippen molar-refractivity contribution in [3.63, 3.8) is 0 Å². The van der Waals surface area contributed by atoms with Crippen LogP contribution in [0.1, 0.15) is 0 Å². The fourth-order valence-electron chi connectivity index (χ4n) is 10.9. The van der Waals surface area contributed by atoms with Crippen LogP contribution in [0.25, 0.3) is 32.3 Å². The third-order valence-electron chi connectivity index (χ3n) is 14.3. The van der Waals surface area contributed by atoms with E-state index in [9.17, 15) is 0 Å². The van der Waals surface area contributed by atoms with Gasteiger partial charge in [-0.3, -0.25) is 0 Å². The van der Waals surface area contributed by atoms with Gasteiger partial charge < -0.3 is 18.3 Å². The minimum atomic E-state index is -4.54. The topological polar surface area (TPSA) is 68.3 Å². The molecular formula is C66H48O4P4. The van der Waals surface area contributed by atoms with Crippen molar-refractivity contribution in [3.05, 3.63) is 291 Å². The molecule has 0 amide bonds. The van der Waals surface area contributed by atoms with Gasteiger partial charge in [0.25, 0.3) is 0 Å². The highest BCUT2D eigenvalue weighted by Gasteiger charge is 2.50. The summed E-state index contributed by atoms with van der Waals surface area (Å²) in [5.74, 6) is 0. The fraction of sp³-hybridized carbons (Fsp3) is 0. The summed E-state index contributed by atoms with van der Waals surface area (Å²) in [4.78, 5) is 0. The Bertz CT molecular complexity index is 4200. The molecule has 12 aromatic carbocycles. The van der Waals surface area contributed by atoms with E-state index in [1.54, 1.807) is 0 Å². The lowest BCUT2D eigenvalue weighted by molar-refractivity contribution is 0.589. The summed E-state index contributed by atoms with van der Waals surface area (Å²) in [6.07, 6.45) is 0. The van der Waals surface area contributed by atoms with E-state index in [1.807, 2.05) is 291 Å². The average molecular weight is 1030 g/mol. The van der Waals surface area contributed by atoms with Crippen molar-refractivity contribution >= 4 is 125 Å². The Morgan fingerprint density at radius 2 is 0.405 bits per heavy atom. The largest absolute Gasteiger partial charge is 0.309 e. The van der Waals surface area contributed by atoms with Crippen LogP contribution in [0.2, 0.25) is 0 Å².